The minimum Gasteiger partial charge on any atom is -0.445 e. The quantitative estimate of drug-likeness (QED) is 0.691. The fourth-order valence-corrected chi connectivity index (χ4v) is 2.55. The molecular weight excluding hydrogens is 282 g/mol. The molecule has 1 aliphatic heterocycles. The molecule has 1 aliphatic rings. The zero-order valence-electron chi connectivity index (χ0n) is 12.5. The fourth-order valence-electron chi connectivity index (χ4n) is 2.55. The lowest BCUT2D eigenvalue weighted by atomic mass is 10.00. The number of aryl methyl sites for hydroxylation is 1. The van der Waals surface area contributed by atoms with Crippen LogP contribution in [-0.2, 0) is 14.3 Å². The third kappa shape index (κ3) is 2.44. The van der Waals surface area contributed by atoms with E-state index in [1.165, 1.54) is 0 Å². The number of ether oxygens (including phenoxy) is 2. The molecular formula is C17H17NO4. The van der Waals surface area contributed by atoms with Crippen LogP contribution in [0.15, 0.2) is 36.4 Å². The Morgan fingerprint density at radius 3 is 2.45 bits per heavy atom. The number of hydrogen-bond donors (Lipinski definition) is 1. The van der Waals surface area contributed by atoms with Crippen molar-refractivity contribution in [2.75, 3.05) is 6.61 Å². The lowest BCUT2D eigenvalue weighted by Gasteiger charge is -2.18. The number of fused-ring (bicyclic) bond motifs is 1. The third-order valence-corrected chi connectivity index (χ3v) is 4.00. The first-order valence-electron chi connectivity index (χ1n) is 7.05. The Morgan fingerprint density at radius 1 is 1.23 bits per heavy atom. The van der Waals surface area contributed by atoms with Gasteiger partial charge in [0.2, 0.25) is 6.10 Å². The van der Waals surface area contributed by atoms with E-state index in [4.69, 9.17) is 15.2 Å². The van der Waals surface area contributed by atoms with Gasteiger partial charge in [0, 0.05) is 0 Å². The number of nitrogens with two attached hydrogens (primary N) is 1. The van der Waals surface area contributed by atoms with Crippen molar-refractivity contribution in [3.05, 3.63) is 47.5 Å². The number of carbonyl (C=O) groups is 2. The zero-order chi connectivity index (χ0) is 15.9. The van der Waals surface area contributed by atoms with Gasteiger partial charge < -0.3 is 15.2 Å². The van der Waals surface area contributed by atoms with E-state index in [2.05, 4.69) is 0 Å². The highest BCUT2D eigenvalue weighted by Crippen LogP contribution is 2.33. The minimum absolute atomic E-state index is 0.350. The van der Waals surface area contributed by atoms with Crippen LogP contribution in [0.2, 0.25) is 0 Å². The predicted octanol–water partition coefficient (Wildman–Crippen LogP) is 1.95. The molecule has 0 aromatic heterocycles. The van der Waals surface area contributed by atoms with Crippen molar-refractivity contribution < 1.29 is 19.1 Å². The van der Waals surface area contributed by atoms with E-state index in [9.17, 15) is 9.59 Å². The van der Waals surface area contributed by atoms with Crippen molar-refractivity contribution in [3.8, 4) is 0 Å². The minimum atomic E-state index is -1.08. The van der Waals surface area contributed by atoms with E-state index in [0.29, 0.717) is 12.2 Å². The summed E-state index contributed by atoms with van der Waals surface area (Å²) in [6, 6.07) is 11.1. The number of amides is 1. The molecule has 0 saturated carbocycles. The van der Waals surface area contributed by atoms with Gasteiger partial charge in [0.25, 0.3) is 5.91 Å². The molecule has 1 amide bonds. The maximum absolute atomic E-state index is 12.5. The summed E-state index contributed by atoms with van der Waals surface area (Å²) in [7, 11) is 0. The van der Waals surface area contributed by atoms with E-state index in [-0.39, 0.29) is 0 Å². The molecule has 2 atom stereocenters. The highest BCUT2D eigenvalue weighted by atomic mass is 16.6. The van der Waals surface area contributed by atoms with E-state index < -0.39 is 23.6 Å². The van der Waals surface area contributed by atoms with Crippen molar-refractivity contribution >= 4 is 22.6 Å². The molecule has 1 heterocycles. The summed E-state index contributed by atoms with van der Waals surface area (Å²) >= 11 is 0. The molecule has 1 unspecified atom stereocenters. The first kappa shape index (κ1) is 14.5. The molecule has 1 saturated heterocycles. The Hall–Kier alpha value is -2.40. The van der Waals surface area contributed by atoms with Crippen molar-refractivity contribution in [1.29, 1.82) is 0 Å². The van der Waals surface area contributed by atoms with Crippen molar-refractivity contribution in [2.24, 2.45) is 5.73 Å². The van der Waals surface area contributed by atoms with Gasteiger partial charge in [-0.1, -0.05) is 30.3 Å². The predicted molar refractivity (Wildman–Crippen MR) is 81.4 cm³/mol. The highest BCUT2D eigenvalue weighted by Gasteiger charge is 2.52. The van der Waals surface area contributed by atoms with E-state index in [1.54, 1.807) is 13.0 Å². The second-order valence-corrected chi connectivity index (χ2v) is 5.76. The molecule has 0 spiro atoms. The van der Waals surface area contributed by atoms with Crippen LogP contribution >= 0.6 is 0 Å². The Labute approximate surface area is 128 Å². The molecule has 0 radical (unpaired) electrons. The molecule has 1 fully saturated rings. The zero-order valence-corrected chi connectivity index (χ0v) is 12.5. The number of hydrogen-bond acceptors (Lipinski definition) is 4. The van der Waals surface area contributed by atoms with Crippen LogP contribution in [0.5, 0.6) is 0 Å². The maximum Gasteiger partial charge on any atom is 0.339 e. The Balaban J connectivity index is 1.96. The molecule has 2 N–H and O–H groups in total. The Kier molecular flexibility index (Phi) is 3.37. The lowest BCUT2D eigenvalue weighted by Crippen LogP contribution is -2.43. The largest absolute Gasteiger partial charge is 0.445 e. The normalized spacial score (nSPS) is 21.4. The number of rotatable bonds is 4. The van der Waals surface area contributed by atoms with Crippen molar-refractivity contribution in [1.82, 2.24) is 0 Å². The smallest absolute Gasteiger partial charge is 0.339 e. The lowest BCUT2D eigenvalue weighted by molar-refractivity contribution is -0.129. The molecule has 0 bridgehead atoms. The molecule has 5 heteroatoms. The number of benzene rings is 2. The summed E-state index contributed by atoms with van der Waals surface area (Å²) in [6.45, 7) is 4.02. The van der Waals surface area contributed by atoms with Crippen LogP contribution in [0.4, 0.5) is 0 Å². The number of primary amides is 1. The average Bonchev–Trinajstić information content (AvgIpc) is 3.23. The molecule has 2 aromatic rings. The van der Waals surface area contributed by atoms with Gasteiger partial charge in [-0.2, -0.15) is 0 Å². The van der Waals surface area contributed by atoms with Gasteiger partial charge in [-0.25, -0.2) is 4.79 Å². The van der Waals surface area contributed by atoms with E-state index in [1.807, 2.05) is 37.3 Å². The summed E-state index contributed by atoms with van der Waals surface area (Å²) in [4.78, 5) is 24.0. The number of esters is 1. The Morgan fingerprint density at radius 2 is 1.86 bits per heavy atom. The maximum atomic E-state index is 12.5. The van der Waals surface area contributed by atoms with Crippen LogP contribution in [0, 0.1) is 6.92 Å². The Bertz CT molecular complexity index is 764. The van der Waals surface area contributed by atoms with Crippen LogP contribution < -0.4 is 5.73 Å². The van der Waals surface area contributed by atoms with Gasteiger partial charge in [0.1, 0.15) is 5.60 Å². The highest BCUT2D eigenvalue weighted by molar-refractivity contribution is 6.06. The molecule has 5 nitrogen and oxygen atoms in total. The molecule has 114 valence electrons. The fraction of sp³-hybridized carbons (Fsp3) is 0.294. The molecule has 2 aromatic carbocycles. The van der Waals surface area contributed by atoms with Gasteiger partial charge in [-0.05, 0) is 36.2 Å². The third-order valence-electron chi connectivity index (χ3n) is 4.00. The average molecular weight is 299 g/mol. The van der Waals surface area contributed by atoms with Gasteiger partial charge >= 0.3 is 5.97 Å². The summed E-state index contributed by atoms with van der Waals surface area (Å²) in [6.07, 6.45) is -1.08. The topological polar surface area (TPSA) is 81.9 Å². The van der Waals surface area contributed by atoms with Crippen molar-refractivity contribution in [2.45, 2.75) is 25.6 Å². The van der Waals surface area contributed by atoms with Crippen LogP contribution in [0.25, 0.3) is 10.8 Å². The summed E-state index contributed by atoms with van der Waals surface area (Å²) in [5, 5.41) is 1.76. The summed E-state index contributed by atoms with van der Waals surface area (Å²) < 4.78 is 10.5. The summed E-state index contributed by atoms with van der Waals surface area (Å²) in [5.41, 5.74) is 6.01. The van der Waals surface area contributed by atoms with Gasteiger partial charge in [0.15, 0.2) is 0 Å². The van der Waals surface area contributed by atoms with Gasteiger partial charge in [-0.15, -0.1) is 0 Å². The molecule has 0 aliphatic carbocycles. The second-order valence-electron chi connectivity index (χ2n) is 5.76. The van der Waals surface area contributed by atoms with Crippen LogP contribution in [0.1, 0.15) is 22.8 Å². The van der Waals surface area contributed by atoms with Crippen LogP contribution in [-0.4, -0.2) is 30.2 Å². The SMILES string of the molecule is Cc1ccc(C(=O)O[C@@H](C(N)=O)C2(C)CO2)c2ccccc12. The van der Waals surface area contributed by atoms with E-state index in [0.717, 1.165) is 16.3 Å². The number of epoxide rings is 1. The standard InChI is InChI=1S/C17H17NO4/c1-10-7-8-13(12-6-4-3-5-11(10)12)16(20)22-14(15(18)19)17(2)9-21-17/h3-8,14H,9H2,1-2H3,(H2,18,19)/t14-,17?/m0/s1. The first-order chi connectivity index (χ1) is 10.4. The molecule has 22 heavy (non-hydrogen) atoms. The van der Waals surface area contributed by atoms with Gasteiger partial charge in [-0.3, -0.25) is 4.79 Å². The molecule has 3 rings (SSSR count). The van der Waals surface area contributed by atoms with E-state index >= 15 is 0 Å². The second kappa shape index (κ2) is 5.10. The summed E-state index contributed by atoms with van der Waals surface area (Å²) in [5.74, 6) is -1.28. The van der Waals surface area contributed by atoms with Crippen LogP contribution in [0.3, 0.4) is 0 Å². The first-order valence-corrected chi connectivity index (χ1v) is 7.05. The number of carbonyl (C=O) groups excluding carboxylic acids is 2. The van der Waals surface area contributed by atoms with Crippen molar-refractivity contribution in [3.63, 3.8) is 0 Å². The van der Waals surface area contributed by atoms with Gasteiger partial charge in [0.05, 0.1) is 12.2 Å². The monoisotopic (exact) mass is 299 g/mol.